The fourth-order valence-corrected chi connectivity index (χ4v) is 2.04. The number of aldehydes is 1. The highest BCUT2D eigenvalue weighted by atomic mass is 19.4. The molecular formula is C17H10F6O2. The Kier molecular flexibility index (Phi) is 4.92. The zero-order chi connectivity index (χ0) is 18.8. The number of carbonyl (C=O) groups is 1. The van der Waals surface area contributed by atoms with Crippen LogP contribution >= 0.6 is 0 Å². The van der Waals surface area contributed by atoms with Crippen LogP contribution in [0.25, 0.3) is 12.2 Å². The fraction of sp³-hybridized carbons (Fsp3) is 0.118. The first-order valence-electron chi connectivity index (χ1n) is 6.76. The van der Waals surface area contributed by atoms with Crippen LogP contribution in [0.1, 0.15) is 32.6 Å². The molecule has 0 saturated carbocycles. The minimum absolute atomic E-state index is 0.0440. The third-order valence-electron chi connectivity index (χ3n) is 3.26. The third kappa shape index (κ3) is 4.62. The van der Waals surface area contributed by atoms with Crippen LogP contribution in [0, 0.1) is 0 Å². The maximum atomic E-state index is 12.8. The molecule has 0 radical (unpaired) electrons. The Morgan fingerprint density at radius 2 is 1.28 bits per heavy atom. The number of carbonyl (C=O) groups excluding carboxylic acids is 1. The van der Waals surface area contributed by atoms with E-state index in [1.807, 2.05) is 0 Å². The number of aromatic hydroxyl groups is 1. The number of phenolic OH excluding ortho intramolecular Hbond substituents is 1. The molecule has 0 fully saturated rings. The van der Waals surface area contributed by atoms with Crippen molar-refractivity contribution in [1.29, 1.82) is 0 Å². The highest BCUT2D eigenvalue weighted by Crippen LogP contribution is 2.36. The molecule has 25 heavy (non-hydrogen) atoms. The van der Waals surface area contributed by atoms with Gasteiger partial charge in [-0.15, -0.1) is 0 Å². The van der Waals surface area contributed by atoms with Gasteiger partial charge in [-0.2, -0.15) is 26.3 Å². The van der Waals surface area contributed by atoms with Gasteiger partial charge in [0, 0.05) is 0 Å². The minimum Gasteiger partial charge on any atom is -0.507 e. The summed E-state index contributed by atoms with van der Waals surface area (Å²) in [6.45, 7) is 0. The summed E-state index contributed by atoms with van der Waals surface area (Å²) in [5.41, 5.74) is -2.86. The van der Waals surface area contributed by atoms with Gasteiger partial charge in [0.2, 0.25) is 0 Å². The normalized spacial score (nSPS) is 12.6. The molecule has 0 atom stereocenters. The largest absolute Gasteiger partial charge is 0.507 e. The number of alkyl halides is 6. The zero-order valence-corrected chi connectivity index (χ0v) is 12.3. The summed E-state index contributed by atoms with van der Waals surface area (Å²) in [6.07, 6.45) is -7.17. The van der Waals surface area contributed by atoms with Crippen LogP contribution in [-0.2, 0) is 12.4 Å². The second-order valence-electron chi connectivity index (χ2n) is 5.11. The number of rotatable bonds is 3. The van der Waals surface area contributed by atoms with Crippen LogP contribution in [0.2, 0.25) is 0 Å². The number of hydrogen-bond acceptors (Lipinski definition) is 2. The molecule has 0 saturated heterocycles. The Hall–Kier alpha value is -2.77. The molecule has 132 valence electrons. The van der Waals surface area contributed by atoms with E-state index in [1.54, 1.807) is 0 Å². The molecule has 0 unspecified atom stereocenters. The Morgan fingerprint density at radius 3 is 1.76 bits per heavy atom. The molecule has 0 heterocycles. The summed E-state index contributed by atoms with van der Waals surface area (Å²) in [5.74, 6) is -0.287. The van der Waals surface area contributed by atoms with Gasteiger partial charge in [0.05, 0.1) is 16.7 Å². The lowest BCUT2D eigenvalue weighted by molar-refractivity contribution is -0.143. The molecule has 2 aromatic rings. The molecule has 2 rings (SSSR count). The second-order valence-corrected chi connectivity index (χ2v) is 5.11. The molecular weight excluding hydrogens is 350 g/mol. The summed E-state index contributed by atoms with van der Waals surface area (Å²) in [4.78, 5) is 10.7. The van der Waals surface area contributed by atoms with Gasteiger partial charge in [-0.05, 0) is 41.5 Å². The van der Waals surface area contributed by atoms with Crippen molar-refractivity contribution in [2.75, 3.05) is 0 Å². The molecule has 0 amide bonds. The third-order valence-corrected chi connectivity index (χ3v) is 3.26. The van der Waals surface area contributed by atoms with Gasteiger partial charge in [0.25, 0.3) is 0 Å². The van der Waals surface area contributed by atoms with Crippen molar-refractivity contribution in [2.24, 2.45) is 0 Å². The number of phenols is 1. The summed E-state index contributed by atoms with van der Waals surface area (Å²) >= 11 is 0. The molecule has 2 nitrogen and oxygen atoms in total. The second kappa shape index (κ2) is 6.62. The van der Waals surface area contributed by atoms with Gasteiger partial charge in [-0.25, -0.2) is 0 Å². The van der Waals surface area contributed by atoms with E-state index in [2.05, 4.69) is 0 Å². The van der Waals surface area contributed by atoms with Crippen LogP contribution in [0.5, 0.6) is 5.75 Å². The standard InChI is InChI=1S/C17H10F6O2/c18-16(19,20)13-6-11(7-14(8-13)17(21,22)23)2-1-10-3-4-15(25)12(5-10)9-24/h1-9,25H/b2-1+. The SMILES string of the molecule is O=Cc1cc(/C=C/c2cc(C(F)(F)F)cc(C(F)(F)F)c2)ccc1O. The highest BCUT2D eigenvalue weighted by molar-refractivity contribution is 5.82. The molecule has 8 heteroatoms. The van der Waals surface area contributed by atoms with Crippen molar-refractivity contribution in [3.63, 3.8) is 0 Å². The van der Waals surface area contributed by atoms with Crippen molar-refractivity contribution < 1.29 is 36.2 Å². The van der Waals surface area contributed by atoms with E-state index in [-0.39, 0.29) is 22.9 Å². The maximum Gasteiger partial charge on any atom is 0.416 e. The molecule has 0 aliphatic heterocycles. The summed E-state index contributed by atoms with van der Waals surface area (Å²) in [6, 6.07) is 5.02. The van der Waals surface area contributed by atoms with E-state index in [0.717, 1.165) is 6.08 Å². The zero-order valence-electron chi connectivity index (χ0n) is 12.3. The van der Waals surface area contributed by atoms with E-state index in [9.17, 15) is 36.2 Å². The molecule has 0 aliphatic carbocycles. The summed E-state index contributed by atoms with van der Waals surface area (Å²) in [5, 5.41) is 9.37. The molecule has 0 spiro atoms. The number of halogens is 6. The van der Waals surface area contributed by atoms with E-state index < -0.39 is 23.5 Å². The monoisotopic (exact) mass is 360 g/mol. The van der Waals surface area contributed by atoms with Gasteiger partial charge in [0.1, 0.15) is 5.75 Å². The van der Waals surface area contributed by atoms with E-state index in [0.29, 0.717) is 24.0 Å². The first-order valence-corrected chi connectivity index (χ1v) is 6.76. The molecule has 0 aliphatic rings. The lowest BCUT2D eigenvalue weighted by Gasteiger charge is -2.13. The quantitative estimate of drug-likeness (QED) is 0.451. The number of hydrogen-bond donors (Lipinski definition) is 1. The molecule has 0 bridgehead atoms. The van der Waals surface area contributed by atoms with Crippen LogP contribution in [-0.4, -0.2) is 11.4 Å². The van der Waals surface area contributed by atoms with Crippen molar-refractivity contribution in [2.45, 2.75) is 12.4 Å². The van der Waals surface area contributed by atoms with Crippen LogP contribution in [0.15, 0.2) is 36.4 Å². The van der Waals surface area contributed by atoms with Crippen LogP contribution < -0.4 is 0 Å². The average Bonchev–Trinajstić information content (AvgIpc) is 2.52. The van der Waals surface area contributed by atoms with E-state index in [4.69, 9.17) is 0 Å². The molecule has 2 aromatic carbocycles. The van der Waals surface area contributed by atoms with Crippen molar-refractivity contribution >= 4 is 18.4 Å². The van der Waals surface area contributed by atoms with Crippen molar-refractivity contribution in [1.82, 2.24) is 0 Å². The van der Waals surface area contributed by atoms with Crippen LogP contribution in [0.3, 0.4) is 0 Å². The predicted molar refractivity (Wildman–Crippen MR) is 78.9 cm³/mol. The minimum atomic E-state index is -4.92. The van der Waals surface area contributed by atoms with Crippen LogP contribution in [0.4, 0.5) is 26.3 Å². The lowest BCUT2D eigenvalue weighted by Crippen LogP contribution is -2.11. The van der Waals surface area contributed by atoms with E-state index in [1.165, 1.54) is 24.3 Å². The molecule has 0 aromatic heterocycles. The van der Waals surface area contributed by atoms with Gasteiger partial charge in [-0.1, -0.05) is 18.2 Å². The van der Waals surface area contributed by atoms with Gasteiger partial charge in [0.15, 0.2) is 6.29 Å². The first-order chi connectivity index (χ1) is 11.5. The Morgan fingerprint density at radius 1 is 0.760 bits per heavy atom. The lowest BCUT2D eigenvalue weighted by atomic mass is 10.0. The van der Waals surface area contributed by atoms with Gasteiger partial charge < -0.3 is 5.11 Å². The fourth-order valence-electron chi connectivity index (χ4n) is 2.04. The highest BCUT2D eigenvalue weighted by Gasteiger charge is 2.36. The predicted octanol–water partition coefficient (Wildman–Crippen LogP) is 5.41. The van der Waals surface area contributed by atoms with Gasteiger partial charge in [-0.3, -0.25) is 4.79 Å². The van der Waals surface area contributed by atoms with E-state index >= 15 is 0 Å². The Labute approximate surface area is 138 Å². The summed E-state index contributed by atoms with van der Waals surface area (Å²) < 4.78 is 76.7. The Balaban J connectivity index is 2.46. The van der Waals surface area contributed by atoms with Crippen molar-refractivity contribution in [3.05, 3.63) is 64.2 Å². The van der Waals surface area contributed by atoms with Gasteiger partial charge >= 0.3 is 12.4 Å². The first kappa shape index (κ1) is 18.6. The Bertz CT molecular complexity index is 787. The maximum absolute atomic E-state index is 12.8. The average molecular weight is 360 g/mol. The van der Waals surface area contributed by atoms with Crippen molar-refractivity contribution in [3.8, 4) is 5.75 Å². The topological polar surface area (TPSA) is 37.3 Å². The number of benzene rings is 2. The molecule has 1 N–H and O–H groups in total. The summed E-state index contributed by atoms with van der Waals surface area (Å²) in [7, 11) is 0. The smallest absolute Gasteiger partial charge is 0.416 e.